The van der Waals surface area contributed by atoms with Gasteiger partial charge < -0.3 is 4.74 Å². The van der Waals surface area contributed by atoms with Crippen molar-refractivity contribution < 1.29 is 14.3 Å². The van der Waals surface area contributed by atoms with E-state index in [-0.39, 0.29) is 5.92 Å². The number of esters is 2. The number of hydrogen-bond acceptors (Lipinski definition) is 3. The number of benzene rings is 1. The topological polar surface area (TPSA) is 43.4 Å². The number of cyclic esters (lactones) is 2. The molecule has 0 aromatic heterocycles. The van der Waals surface area contributed by atoms with Crippen LogP contribution in [0.4, 0.5) is 0 Å². The molecule has 1 aliphatic heterocycles. The maximum Gasteiger partial charge on any atom is 0.325 e. The molecule has 76 valence electrons. The zero-order valence-electron chi connectivity index (χ0n) is 7.70. The molecule has 1 saturated heterocycles. The van der Waals surface area contributed by atoms with Crippen molar-refractivity contribution in [3.05, 3.63) is 34.9 Å². The van der Waals surface area contributed by atoms with Crippen LogP contribution in [0.5, 0.6) is 0 Å². The van der Waals surface area contributed by atoms with Crippen molar-refractivity contribution in [2.45, 2.75) is 11.8 Å². The third-order valence-electron chi connectivity index (χ3n) is 3.16. The highest BCUT2D eigenvalue weighted by Crippen LogP contribution is 2.60. The molecule has 1 aromatic carbocycles. The fraction of sp³-hybridized carbons (Fsp3) is 0.273. The van der Waals surface area contributed by atoms with Crippen molar-refractivity contribution in [3.8, 4) is 0 Å². The lowest BCUT2D eigenvalue weighted by Gasteiger charge is -2.09. The summed E-state index contributed by atoms with van der Waals surface area (Å²) in [5, 5.41) is 0.520. The van der Waals surface area contributed by atoms with Gasteiger partial charge in [0.15, 0.2) is 0 Å². The van der Waals surface area contributed by atoms with E-state index in [1.807, 2.05) is 0 Å². The van der Waals surface area contributed by atoms with Gasteiger partial charge in [0, 0.05) is 5.02 Å². The van der Waals surface area contributed by atoms with Gasteiger partial charge in [-0.3, -0.25) is 9.59 Å². The molecule has 3 nitrogen and oxygen atoms in total. The van der Waals surface area contributed by atoms with Crippen LogP contribution in [0.2, 0.25) is 5.02 Å². The number of ether oxygens (including phenoxy) is 1. The van der Waals surface area contributed by atoms with Gasteiger partial charge in [0.05, 0.1) is 5.92 Å². The number of hydrogen-bond donors (Lipinski definition) is 0. The zero-order chi connectivity index (χ0) is 10.6. The Morgan fingerprint density at radius 2 is 2.07 bits per heavy atom. The highest BCUT2D eigenvalue weighted by atomic mass is 35.5. The van der Waals surface area contributed by atoms with Gasteiger partial charge in [-0.15, -0.1) is 0 Å². The quantitative estimate of drug-likeness (QED) is 0.536. The maximum absolute atomic E-state index is 11.6. The number of carbonyl (C=O) groups excluding carboxylic acids is 2. The summed E-state index contributed by atoms with van der Waals surface area (Å²) in [6.45, 7) is 0. The molecule has 4 heteroatoms. The second kappa shape index (κ2) is 2.61. The van der Waals surface area contributed by atoms with Gasteiger partial charge in [-0.25, -0.2) is 0 Å². The Balaban J connectivity index is 2.14. The largest absolute Gasteiger partial charge is 0.392 e. The first-order valence-electron chi connectivity index (χ1n) is 4.67. The van der Waals surface area contributed by atoms with Gasteiger partial charge >= 0.3 is 11.9 Å². The van der Waals surface area contributed by atoms with Crippen LogP contribution in [0.15, 0.2) is 24.3 Å². The van der Waals surface area contributed by atoms with E-state index in [0.29, 0.717) is 17.0 Å². The first-order chi connectivity index (χ1) is 7.16. The van der Waals surface area contributed by atoms with E-state index in [4.69, 9.17) is 11.6 Å². The Hall–Kier alpha value is -1.35. The van der Waals surface area contributed by atoms with Crippen molar-refractivity contribution in [1.82, 2.24) is 0 Å². The van der Waals surface area contributed by atoms with Crippen molar-refractivity contribution in [2.75, 3.05) is 0 Å². The fourth-order valence-corrected chi connectivity index (χ4v) is 2.56. The van der Waals surface area contributed by atoms with Crippen LogP contribution in [0.3, 0.4) is 0 Å². The summed E-state index contributed by atoms with van der Waals surface area (Å²) < 4.78 is 4.60. The highest BCUT2D eigenvalue weighted by molar-refractivity contribution is 6.32. The van der Waals surface area contributed by atoms with E-state index in [0.717, 1.165) is 0 Å². The SMILES string of the molecule is O=C1OC(=O)C2(c3ccccc3Cl)CC12. The predicted molar refractivity (Wildman–Crippen MR) is 52.3 cm³/mol. The standard InChI is InChI=1S/C11H7ClO3/c12-8-4-2-1-3-6(8)11-5-7(11)9(13)15-10(11)14/h1-4,7H,5H2. The molecule has 3 rings (SSSR count). The van der Waals surface area contributed by atoms with E-state index in [1.54, 1.807) is 24.3 Å². The third-order valence-corrected chi connectivity index (χ3v) is 3.49. The van der Waals surface area contributed by atoms with E-state index < -0.39 is 17.4 Å². The van der Waals surface area contributed by atoms with Crippen LogP contribution in [0.1, 0.15) is 12.0 Å². The molecule has 0 amide bonds. The van der Waals surface area contributed by atoms with Crippen LogP contribution >= 0.6 is 11.6 Å². The summed E-state index contributed by atoms with van der Waals surface area (Å²) in [5.41, 5.74) is -0.0531. The molecule has 1 aliphatic carbocycles. The molecule has 15 heavy (non-hydrogen) atoms. The van der Waals surface area contributed by atoms with E-state index in [2.05, 4.69) is 4.74 Å². The maximum atomic E-state index is 11.6. The van der Waals surface area contributed by atoms with Gasteiger partial charge in [0.2, 0.25) is 0 Å². The number of fused-ring (bicyclic) bond motifs is 1. The molecule has 0 radical (unpaired) electrons. The molecule has 2 atom stereocenters. The van der Waals surface area contributed by atoms with Gasteiger partial charge in [0.1, 0.15) is 5.41 Å². The molecular weight excluding hydrogens is 216 g/mol. The third kappa shape index (κ3) is 0.960. The molecule has 0 N–H and O–H groups in total. The van der Waals surface area contributed by atoms with Crippen molar-refractivity contribution in [3.63, 3.8) is 0 Å². The highest BCUT2D eigenvalue weighted by Gasteiger charge is 2.72. The Kier molecular flexibility index (Phi) is 1.55. The molecule has 2 aliphatic rings. The lowest BCUT2D eigenvalue weighted by atomic mass is 9.95. The molecule has 0 bridgehead atoms. The van der Waals surface area contributed by atoms with E-state index in [9.17, 15) is 9.59 Å². The smallest absolute Gasteiger partial charge is 0.325 e. The van der Waals surface area contributed by atoms with Crippen LogP contribution < -0.4 is 0 Å². The van der Waals surface area contributed by atoms with Crippen LogP contribution in [-0.4, -0.2) is 11.9 Å². The first-order valence-corrected chi connectivity index (χ1v) is 5.05. The molecular formula is C11H7ClO3. The Morgan fingerprint density at radius 1 is 1.33 bits per heavy atom. The molecule has 1 aromatic rings. The minimum Gasteiger partial charge on any atom is -0.392 e. The van der Waals surface area contributed by atoms with Crippen LogP contribution in [0, 0.1) is 5.92 Å². The second-order valence-electron chi connectivity index (χ2n) is 3.92. The monoisotopic (exact) mass is 222 g/mol. The molecule has 2 fully saturated rings. The number of halogens is 1. The van der Waals surface area contributed by atoms with Gasteiger partial charge in [-0.05, 0) is 18.1 Å². The molecule has 2 unspecified atom stereocenters. The molecule has 1 heterocycles. The lowest BCUT2D eigenvalue weighted by molar-refractivity contribution is -0.155. The Bertz CT molecular complexity index is 482. The van der Waals surface area contributed by atoms with E-state index in [1.165, 1.54) is 0 Å². The summed E-state index contributed by atoms with van der Waals surface area (Å²) in [7, 11) is 0. The van der Waals surface area contributed by atoms with Gasteiger partial charge in [-0.1, -0.05) is 29.8 Å². The fourth-order valence-electron chi connectivity index (χ4n) is 2.26. The second-order valence-corrected chi connectivity index (χ2v) is 4.32. The van der Waals surface area contributed by atoms with Crippen molar-refractivity contribution in [1.29, 1.82) is 0 Å². The van der Waals surface area contributed by atoms with Crippen molar-refractivity contribution >= 4 is 23.5 Å². The summed E-state index contributed by atoms with van der Waals surface area (Å²) in [4.78, 5) is 22.8. The summed E-state index contributed by atoms with van der Waals surface area (Å²) in [6, 6.07) is 7.10. The normalized spacial score (nSPS) is 32.5. The van der Waals surface area contributed by atoms with E-state index >= 15 is 0 Å². The minimum atomic E-state index is -0.768. The summed E-state index contributed by atoms with van der Waals surface area (Å²) in [5.74, 6) is -1.18. The summed E-state index contributed by atoms with van der Waals surface area (Å²) in [6.07, 6.45) is 0.536. The average Bonchev–Trinajstić information content (AvgIpc) is 2.89. The predicted octanol–water partition coefficient (Wildman–Crippen LogP) is 1.68. The summed E-state index contributed by atoms with van der Waals surface area (Å²) >= 11 is 6.01. The molecule has 0 spiro atoms. The minimum absolute atomic E-state index is 0.315. The molecule has 1 saturated carbocycles. The Labute approximate surface area is 91.0 Å². The van der Waals surface area contributed by atoms with Gasteiger partial charge in [-0.2, -0.15) is 0 Å². The number of rotatable bonds is 1. The first kappa shape index (κ1) is 8.92. The average molecular weight is 223 g/mol. The zero-order valence-corrected chi connectivity index (χ0v) is 8.45. The van der Waals surface area contributed by atoms with Gasteiger partial charge in [0.25, 0.3) is 0 Å². The lowest BCUT2D eigenvalue weighted by Crippen LogP contribution is -2.19. The van der Waals surface area contributed by atoms with Crippen LogP contribution in [0.25, 0.3) is 0 Å². The Morgan fingerprint density at radius 3 is 2.60 bits per heavy atom. The van der Waals surface area contributed by atoms with Crippen molar-refractivity contribution in [2.24, 2.45) is 5.92 Å². The number of carbonyl (C=O) groups is 2. The van der Waals surface area contributed by atoms with Crippen LogP contribution in [-0.2, 0) is 19.7 Å².